The van der Waals surface area contributed by atoms with Gasteiger partial charge in [0.15, 0.2) is 0 Å². The maximum absolute atomic E-state index is 3.72. The van der Waals surface area contributed by atoms with Gasteiger partial charge < -0.3 is 5.32 Å². The smallest absolute Gasteiger partial charge is 0.0389 e. The molecule has 3 aliphatic heterocycles. The van der Waals surface area contributed by atoms with Crippen LogP contribution in [0.4, 0.5) is 0 Å². The van der Waals surface area contributed by atoms with Crippen LogP contribution in [-0.2, 0) is 0 Å². The molecule has 0 aliphatic carbocycles. The quantitative estimate of drug-likeness (QED) is 0.894. The largest absolute Gasteiger partial charge is 0.308 e. The zero-order valence-electron chi connectivity index (χ0n) is 11.4. The second-order valence-electron chi connectivity index (χ2n) is 5.59. The highest BCUT2D eigenvalue weighted by atomic mass is 32.1. The molecule has 3 aliphatic rings. The molecule has 0 saturated carbocycles. The van der Waals surface area contributed by atoms with Crippen molar-refractivity contribution in [3.63, 3.8) is 0 Å². The first kappa shape index (κ1) is 12.6. The van der Waals surface area contributed by atoms with Gasteiger partial charge in [-0.15, -0.1) is 11.3 Å². The van der Waals surface area contributed by atoms with Crippen LogP contribution in [0.5, 0.6) is 0 Å². The summed E-state index contributed by atoms with van der Waals surface area (Å²) in [6.07, 6.45) is 0. The molecule has 3 nitrogen and oxygen atoms in total. The van der Waals surface area contributed by atoms with Gasteiger partial charge in [-0.05, 0) is 30.9 Å². The summed E-state index contributed by atoms with van der Waals surface area (Å²) in [7, 11) is 0. The number of rotatable bonds is 4. The molecule has 3 saturated heterocycles. The van der Waals surface area contributed by atoms with Gasteiger partial charge in [-0.1, -0.05) is 0 Å². The van der Waals surface area contributed by atoms with Gasteiger partial charge in [0.05, 0.1) is 0 Å². The van der Waals surface area contributed by atoms with Gasteiger partial charge >= 0.3 is 0 Å². The van der Waals surface area contributed by atoms with Crippen molar-refractivity contribution in [3.05, 3.63) is 21.9 Å². The molecule has 0 unspecified atom stereocenters. The number of piperazine rings is 3. The van der Waals surface area contributed by atoms with E-state index in [2.05, 4.69) is 40.4 Å². The van der Waals surface area contributed by atoms with Gasteiger partial charge in [-0.2, -0.15) is 0 Å². The normalized spacial score (nSPS) is 32.7. The van der Waals surface area contributed by atoms with Crippen molar-refractivity contribution in [2.45, 2.75) is 25.9 Å². The number of hydrogen-bond donors (Lipinski definition) is 1. The molecule has 3 fully saturated rings. The molecule has 0 spiro atoms. The predicted octanol–water partition coefficient (Wildman–Crippen LogP) is 1.71. The molecule has 4 rings (SSSR count). The second-order valence-corrected chi connectivity index (χ2v) is 6.54. The molecule has 18 heavy (non-hydrogen) atoms. The monoisotopic (exact) mass is 265 g/mol. The highest BCUT2D eigenvalue weighted by Crippen LogP contribution is 2.24. The van der Waals surface area contributed by atoms with Gasteiger partial charge in [-0.25, -0.2) is 0 Å². The van der Waals surface area contributed by atoms with E-state index in [1.165, 1.54) is 43.2 Å². The predicted molar refractivity (Wildman–Crippen MR) is 77.3 cm³/mol. The average Bonchev–Trinajstić information content (AvgIpc) is 2.84. The Bertz CT molecular complexity index is 395. The zero-order chi connectivity index (χ0) is 12.5. The van der Waals surface area contributed by atoms with Crippen LogP contribution < -0.4 is 5.32 Å². The molecule has 0 aromatic carbocycles. The summed E-state index contributed by atoms with van der Waals surface area (Å²) < 4.78 is 0. The summed E-state index contributed by atoms with van der Waals surface area (Å²) in [5.74, 6) is 0. The Morgan fingerprint density at radius 3 is 2.72 bits per heavy atom. The molecular formula is C14H23N3S. The van der Waals surface area contributed by atoms with Crippen LogP contribution in [0.15, 0.2) is 11.4 Å². The van der Waals surface area contributed by atoms with E-state index in [9.17, 15) is 0 Å². The van der Waals surface area contributed by atoms with Crippen LogP contribution in [0.2, 0.25) is 0 Å². The lowest BCUT2D eigenvalue weighted by Crippen LogP contribution is -2.63. The standard InChI is InChI=1S/C14H23N3S/c1-11-3-8-18-14(11)12(2)15-9-13-10-16-4-6-17(13)7-5-16/h3,8,12-13,15H,4-7,9-10H2,1-2H3/t12-,13-/m0/s1. The minimum absolute atomic E-state index is 0.488. The minimum Gasteiger partial charge on any atom is -0.308 e. The summed E-state index contributed by atoms with van der Waals surface area (Å²) >= 11 is 1.87. The molecule has 0 radical (unpaired) electrons. The maximum Gasteiger partial charge on any atom is 0.0389 e. The van der Waals surface area contributed by atoms with Crippen LogP contribution in [0, 0.1) is 6.92 Å². The lowest BCUT2D eigenvalue weighted by molar-refractivity contribution is 0.0129. The van der Waals surface area contributed by atoms with Gasteiger partial charge in [0.1, 0.15) is 0 Å². The molecule has 4 heteroatoms. The zero-order valence-corrected chi connectivity index (χ0v) is 12.2. The lowest BCUT2D eigenvalue weighted by atomic mass is 10.1. The van der Waals surface area contributed by atoms with Crippen LogP contribution >= 0.6 is 11.3 Å². The summed E-state index contributed by atoms with van der Waals surface area (Å²) in [4.78, 5) is 6.75. The van der Waals surface area contributed by atoms with Crippen molar-refractivity contribution in [2.75, 3.05) is 39.3 Å². The van der Waals surface area contributed by atoms with E-state index in [4.69, 9.17) is 0 Å². The third-order valence-electron chi connectivity index (χ3n) is 4.35. The van der Waals surface area contributed by atoms with Gasteiger partial charge in [0.2, 0.25) is 0 Å². The van der Waals surface area contributed by atoms with E-state index in [1.54, 1.807) is 0 Å². The Labute approximate surface area is 114 Å². The fraction of sp³-hybridized carbons (Fsp3) is 0.714. The highest BCUT2D eigenvalue weighted by molar-refractivity contribution is 7.10. The van der Waals surface area contributed by atoms with E-state index in [0.717, 1.165) is 12.6 Å². The maximum atomic E-state index is 3.72. The molecule has 2 atom stereocenters. The SMILES string of the molecule is Cc1ccsc1[C@H](C)NC[C@H]1CN2CCN1CC2. The Morgan fingerprint density at radius 2 is 2.17 bits per heavy atom. The van der Waals surface area contributed by atoms with Gasteiger partial charge in [0.25, 0.3) is 0 Å². The van der Waals surface area contributed by atoms with Crippen molar-refractivity contribution in [1.29, 1.82) is 0 Å². The molecule has 2 bridgehead atoms. The number of aryl methyl sites for hydroxylation is 1. The second kappa shape index (κ2) is 5.29. The number of nitrogens with zero attached hydrogens (tertiary/aromatic N) is 2. The van der Waals surface area contributed by atoms with Gasteiger partial charge in [-0.3, -0.25) is 9.80 Å². The van der Waals surface area contributed by atoms with Crippen LogP contribution in [0.1, 0.15) is 23.4 Å². The van der Waals surface area contributed by atoms with Crippen molar-refractivity contribution in [3.8, 4) is 0 Å². The summed E-state index contributed by atoms with van der Waals surface area (Å²) in [5.41, 5.74) is 1.43. The van der Waals surface area contributed by atoms with E-state index >= 15 is 0 Å². The third kappa shape index (κ3) is 2.48. The lowest BCUT2D eigenvalue weighted by Gasteiger charge is -2.47. The van der Waals surface area contributed by atoms with Gasteiger partial charge in [0, 0.05) is 56.2 Å². The molecule has 1 aromatic rings. The molecular weight excluding hydrogens is 242 g/mol. The fourth-order valence-electron chi connectivity index (χ4n) is 3.15. The number of hydrogen-bond acceptors (Lipinski definition) is 4. The molecule has 1 N–H and O–H groups in total. The molecule has 0 amide bonds. The highest BCUT2D eigenvalue weighted by Gasteiger charge is 2.31. The number of nitrogens with one attached hydrogen (secondary N) is 1. The summed E-state index contributed by atoms with van der Waals surface area (Å²) in [6.45, 7) is 11.9. The Morgan fingerprint density at radius 1 is 1.39 bits per heavy atom. The van der Waals surface area contributed by atoms with Crippen LogP contribution in [0.3, 0.4) is 0 Å². The Balaban J connectivity index is 1.54. The Hall–Kier alpha value is -0.420. The van der Waals surface area contributed by atoms with Crippen molar-refractivity contribution < 1.29 is 0 Å². The number of thiophene rings is 1. The van der Waals surface area contributed by atoms with Crippen LogP contribution in [-0.4, -0.2) is 55.1 Å². The third-order valence-corrected chi connectivity index (χ3v) is 5.55. The fourth-order valence-corrected chi connectivity index (χ4v) is 4.11. The first-order valence-corrected chi connectivity index (χ1v) is 7.86. The van der Waals surface area contributed by atoms with E-state index in [-0.39, 0.29) is 0 Å². The minimum atomic E-state index is 0.488. The first-order valence-electron chi connectivity index (χ1n) is 6.98. The van der Waals surface area contributed by atoms with Crippen molar-refractivity contribution in [1.82, 2.24) is 15.1 Å². The summed E-state index contributed by atoms with van der Waals surface area (Å²) in [5, 5.41) is 5.92. The van der Waals surface area contributed by atoms with E-state index in [1.807, 2.05) is 11.3 Å². The first-order chi connectivity index (χ1) is 8.74. The average molecular weight is 265 g/mol. The van der Waals surface area contributed by atoms with Crippen molar-refractivity contribution >= 4 is 11.3 Å². The molecule has 1 aromatic heterocycles. The number of fused-ring (bicyclic) bond motifs is 3. The van der Waals surface area contributed by atoms with E-state index < -0.39 is 0 Å². The Kier molecular flexibility index (Phi) is 3.71. The topological polar surface area (TPSA) is 18.5 Å². The molecule has 100 valence electrons. The van der Waals surface area contributed by atoms with Crippen LogP contribution in [0.25, 0.3) is 0 Å². The molecule has 4 heterocycles. The summed E-state index contributed by atoms with van der Waals surface area (Å²) in [6, 6.07) is 3.42. The van der Waals surface area contributed by atoms with Crippen molar-refractivity contribution in [2.24, 2.45) is 0 Å². The van der Waals surface area contributed by atoms with E-state index in [0.29, 0.717) is 6.04 Å².